The van der Waals surface area contributed by atoms with Crippen LogP contribution in [-0.2, 0) is 22.2 Å². The second-order valence-corrected chi connectivity index (χ2v) is 12.5. The molecule has 7 heteroatoms. The van der Waals surface area contributed by atoms with Gasteiger partial charge < -0.3 is 19.9 Å². The molecule has 1 atom stereocenters. The summed E-state index contributed by atoms with van der Waals surface area (Å²) in [5, 5.41) is 9.99. The Kier molecular flexibility index (Phi) is 11.0. The van der Waals surface area contributed by atoms with Crippen LogP contribution in [0.25, 0.3) is 17.0 Å². The van der Waals surface area contributed by atoms with E-state index in [4.69, 9.17) is 14.7 Å². The van der Waals surface area contributed by atoms with Gasteiger partial charge >= 0.3 is 0 Å². The molecule has 3 aromatic rings. The van der Waals surface area contributed by atoms with E-state index in [2.05, 4.69) is 111 Å². The molecule has 2 aromatic carbocycles. The fraction of sp³-hybridized carbons (Fsp3) is 0.500. The Morgan fingerprint density at radius 2 is 1.73 bits per heavy atom. The first kappa shape index (κ1) is 32.2. The fourth-order valence-electron chi connectivity index (χ4n) is 5.60. The molecular weight excluding hydrogens is 510 g/mol. The highest BCUT2D eigenvalue weighted by Crippen LogP contribution is 2.45. The van der Waals surface area contributed by atoms with Crippen LogP contribution in [0.5, 0.6) is 0 Å². The third kappa shape index (κ3) is 8.14. The minimum absolute atomic E-state index is 0.300. The molecule has 1 aromatic heterocycles. The average molecular weight is 560 g/mol. The first-order chi connectivity index (χ1) is 19.4. The normalized spacial score (nSPS) is 19.3. The molecule has 2 aliphatic rings. The van der Waals surface area contributed by atoms with E-state index in [9.17, 15) is 0 Å². The molecule has 0 spiro atoms. The van der Waals surface area contributed by atoms with Gasteiger partial charge in [-0.1, -0.05) is 81.4 Å². The Balaban J connectivity index is 0.000000210. The average Bonchev–Trinajstić information content (AvgIpc) is 3.61. The molecule has 0 radical (unpaired) electrons. The van der Waals surface area contributed by atoms with Crippen molar-refractivity contribution in [2.45, 2.75) is 84.2 Å². The molecule has 1 aliphatic carbocycles. The van der Waals surface area contributed by atoms with Gasteiger partial charge in [0.05, 0.1) is 18.9 Å². The summed E-state index contributed by atoms with van der Waals surface area (Å²) in [6.07, 6.45) is 6.50. The lowest BCUT2D eigenvalue weighted by Gasteiger charge is -2.42. The van der Waals surface area contributed by atoms with E-state index in [-0.39, 0.29) is 0 Å². The fourth-order valence-corrected chi connectivity index (χ4v) is 5.60. The molecule has 2 heterocycles. The molecule has 222 valence electrons. The Morgan fingerprint density at radius 3 is 2.29 bits per heavy atom. The minimum Gasteiger partial charge on any atom is -0.390 e. The zero-order chi connectivity index (χ0) is 30.2. The number of nitrogens with one attached hydrogen (secondary N) is 1. The van der Waals surface area contributed by atoms with Crippen LogP contribution in [0.2, 0.25) is 0 Å². The van der Waals surface area contributed by atoms with Crippen LogP contribution in [-0.4, -0.2) is 48.6 Å². The highest BCUT2D eigenvalue weighted by atomic mass is 16.5. The zero-order valence-electron chi connectivity index (χ0n) is 26.3. The van der Waals surface area contributed by atoms with Gasteiger partial charge in [-0.15, -0.1) is 0 Å². The first-order valence-electron chi connectivity index (χ1n) is 14.5. The quantitative estimate of drug-likeness (QED) is 0.251. The number of hydrogen-bond acceptors (Lipinski definition) is 6. The molecular formula is C34H49N5O2. The van der Waals surface area contributed by atoms with Crippen molar-refractivity contribution in [1.82, 2.24) is 15.0 Å². The summed E-state index contributed by atoms with van der Waals surface area (Å²) in [6, 6.07) is 15.2. The lowest BCUT2D eigenvalue weighted by molar-refractivity contribution is 0.184. The van der Waals surface area contributed by atoms with Crippen LogP contribution in [0.4, 0.5) is 0 Å². The van der Waals surface area contributed by atoms with E-state index in [1.807, 2.05) is 6.92 Å². The number of benzene rings is 2. The van der Waals surface area contributed by atoms with Crippen LogP contribution in [0, 0.1) is 5.41 Å². The van der Waals surface area contributed by atoms with Crippen molar-refractivity contribution < 1.29 is 9.26 Å². The predicted octanol–water partition coefficient (Wildman–Crippen LogP) is 7.31. The van der Waals surface area contributed by atoms with Crippen molar-refractivity contribution in [2.75, 3.05) is 27.2 Å². The highest BCUT2D eigenvalue weighted by Gasteiger charge is 2.36. The Hall–Kier alpha value is -3.29. The van der Waals surface area contributed by atoms with Crippen LogP contribution in [0.1, 0.15) is 94.9 Å². The van der Waals surface area contributed by atoms with Gasteiger partial charge in [-0.25, -0.2) is 0 Å². The van der Waals surface area contributed by atoms with Crippen LogP contribution in [0.3, 0.4) is 0 Å². The van der Waals surface area contributed by atoms with Crippen molar-refractivity contribution in [3.63, 3.8) is 0 Å². The topological polar surface area (TPSA) is 101 Å². The Labute approximate surface area is 246 Å². The summed E-state index contributed by atoms with van der Waals surface area (Å²) >= 11 is 0. The van der Waals surface area contributed by atoms with Gasteiger partial charge in [0.2, 0.25) is 11.7 Å². The van der Waals surface area contributed by atoms with Gasteiger partial charge in [0.25, 0.3) is 0 Å². The second kappa shape index (κ2) is 14.1. The summed E-state index contributed by atoms with van der Waals surface area (Å²) in [5.74, 6) is 1.83. The van der Waals surface area contributed by atoms with E-state index in [1.165, 1.54) is 40.7 Å². The van der Waals surface area contributed by atoms with E-state index in [1.54, 1.807) is 7.11 Å². The maximum absolute atomic E-state index is 5.86. The number of nitrogens with zero attached hydrogens (tertiary/aromatic N) is 3. The van der Waals surface area contributed by atoms with Crippen molar-refractivity contribution in [2.24, 2.45) is 5.73 Å². The number of allylic oxidation sites excluding steroid dienone is 2. The number of likely N-dealkylation sites (tertiary alicyclic amines) is 1. The number of ether oxygens (including phenoxy) is 1. The molecule has 41 heavy (non-hydrogen) atoms. The molecule has 5 rings (SSSR count). The first-order valence-corrected chi connectivity index (χ1v) is 14.5. The lowest BCUT2D eigenvalue weighted by Crippen LogP contribution is -2.33. The zero-order valence-corrected chi connectivity index (χ0v) is 26.3. The third-order valence-electron chi connectivity index (χ3n) is 8.44. The van der Waals surface area contributed by atoms with E-state index in [0.717, 1.165) is 37.3 Å². The van der Waals surface area contributed by atoms with Crippen molar-refractivity contribution >= 4 is 11.9 Å². The molecule has 1 fully saturated rings. The number of hydrogen-bond donors (Lipinski definition) is 2. The molecule has 0 amide bonds. The summed E-state index contributed by atoms with van der Waals surface area (Å²) in [5.41, 5.74) is 12.8. The molecule has 0 bridgehead atoms. The minimum atomic E-state index is 0.300. The van der Waals surface area contributed by atoms with Crippen LogP contribution >= 0.6 is 0 Å². The van der Waals surface area contributed by atoms with Crippen molar-refractivity contribution in [1.29, 1.82) is 5.41 Å². The molecule has 0 saturated carbocycles. The molecule has 1 aliphatic heterocycles. The van der Waals surface area contributed by atoms with Gasteiger partial charge in [0.1, 0.15) is 0 Å². The summed E-state index contributed by atoms with van der Waals surface area (Å²) < 4.78 is 10.7. The summed E-state index contributed by atoms with van der Waals surface area (Å²) in [6.45, 7) is 16.4. The predicted molar refractivity (Wildman–Crippen MR) is 169 cm³/mol. The second-order valence-electron chi connectivity index (χ2n) is 12.5. The van der Waals surface area contributed by atoms with E-state index in [0.29, 0.717) is 29.2 Å². The number of methoxy groups -OCH3 is 1. The van der Waals surface area contributed by atoms with Gasteiger partial charge in [-0.2, -0.15) is 4.98 Å². The lowest BCUT2D eigenvalue weighted by atomic mass is 9.63. The number of aromatic nitrogens is 2. The van der Waals surface area contributed by atoms with Gasteiger partial charge in [-0.05, 0) is 85.4 Å². The van der Waals surface area contributed by atoms with Crippen LogP contribution in [0.15, 0.2) is 53.1 Å². The number of nitrogens with two attached hydrogens (primary N) is 1. The van der Waals surface area contributed by atoms with Crippen molar-refractivity contribution in [3.8, 4) is 11.4 Å². The van der Waals surface area contributed by atoms with E-state index >= 15 is 0 Å². The summed E-state index contributed by atoms with van der Waals surface area (Å²) in [4.78, 5) is 6.87. The SMILES string of the molecule is C/C=C(\C)c1ccc(-c2noc(C3CCN(C)C3)n2)cc1.COCc1ccc2c(c1)C(C)(C)CCC2(C)C.N=CN. The molecule has 1 saturated heterocycles. The standard InChI is InChI=1S/C17H21N3O.C16H24O.CH4N2/c1-4-12(2)13-5-7-14(8-6-13)16-18-17(21-19-16)15-9-10-20(3)11-15;1-15(2)8-9-16(3,4)14-10-12(11-17-5)6-7-13(14)15;2-1-3/h4-8,15H,9-11H2,1-3H3;6-7,10H,8-9,11H2,1-5H3;1H,(H3,2,3)/b12-4+;;. The van der Waals surface area contributed by atoms with E-state index < -0.39 is 0 Å². The summed E-state index contributed by atoms with van der Waals surface area (Å²) in [7, 11) is 3.88. The monoisotopic (exact) mass is 559 g/mol. The van der Waals surface area contributed by atoms with Gasteiger partial charge in [-0.3, -0.25) is 5.41 Å². The molecule has 7 nitrogen and oxygen atoms in total. The Bertz CT molecular complexity index is 1310. The maximum atomic E-state index is 5.86. The van der Waals surface area contributed by atoms with Crippen molar-refractivity contribution in [3.05, 3.63) is 76.7 Å². The maximum Gasteiger partial charge on any atom is 0.231 e. The number of rotatable bonds is 5. The third-order valence-corrected chi connectivity index (χ3v) is 8.44. The molecule has 3 N–H and O–H groups in total. The molecule has 1 unspecified atom stereocenters. The van der Waals surface area contributed by atoms with Crippen LogP contribution < -0.4 is 5.73 Å². The number of fused-ring (bicyclic) bond motifs is 1. The Morgan fingerprint density at radius 1 is 1.10 bits per heavy atom. The highest BCUT2D eigenvalue weighted by molar-refractivity contribution is 5.66. The number of likely N-dealkylation sites (N-methyl/N-ethyl adjacent to an activating group) is 1. The van der Waals surface area contributed by atoms with Gasteiger partial charge in [0, 0.05) is 19.2 Å². The van der Waals surface area contributed by atoms with Gasteiger partial charge in [0.15, 0.2) is 0 Å². The largest absolute Gasteiger partial charge is 0.390 e. The smallest absolute Gasteiger partial charge is 0.231 e.